The van der Waals surface area contributed by atoms with Crippen LogP contribution in [0.2, 0.25) is 6.04 Å². The van der Waals surface area contributed by atoms with E-state index in [1.165, 1.54) is 32.1 Å². The summed E-state index contributed by atoms with van der Waals surface area (Å²) in [6.45, 7) is 3.39. The molecule has 1 saturated carbocycles. The molecule has 0 spiro atoms. The molecule has 4 heteroatoms. The Kier molecular flexibility index (Phi) is 5.24. The number of fused-ring (bicyclic) bond motifs is 1. The molecule has 1 aliphatic carbocycles. The summed E-state index contributed by atoms with van der Waals surface area (Å²) >= 11 is 0. The van der Waals surface area contributed by atoms with Gasteiger partial charge in [0.15, 0.2) is 0 Å². The van der Waals surface area contributed by atoms with E-state index >= 15 is 0 Å². The molecule has 0 aromatic carbocycles. The van der Waals surface area contributed by atoms with Crippen LogP contribution in [0.3, 0.4) is 0 Å². The average Bonchev–Trinajstić information content (AvgIpc) is 2.44. The van der Waals surface area contributed by atoms with Crippen LogP contribution in [0.1, 0.15) is 45.4 Å². The molecule has 2 aliphatic rings. The minimum absolute atomic E-state index is 0.506. The van der Waals surface area contributed by atoms with Gasteiger partial charge in [-0.05, 0) is 37.3 Å². The smallest absolute Gasteiger partial charge is 0.355 e. The first-order valence-corrected chi connectivity index (χ1v) is 9.71. The van der Waals surface area contributed by atoms with Gasteiger partial charge >= 0.3 is 8.56 Å². The van der Waals surface area contributed by atoms with Crippen LogP contribution in [-0.4, -0.2) is 35.0 Å². The topological polar surface area (TPSA) is 30.5 Å². The lowest BCUT2D eigenvalue weighted by atomic mass is 9.75. The third-order valence-electron chi connectivity index (χ3n) is 5.04. The van der Waals surface area contributed by atoms with Gasteiger partial charge < -0.3 is 14.2 Å². The van der Waals surface area contributed by atoms with Gasteiger partial charge in [-0.1, -0.05) is 32.6 Å². The first-order valence-electron chi connectivity index (χ1n) is 7.61. The van der Waals surface area contributed by atoms with Gasteiger partial charge in [-0.2, -0.15) is 0 Å². The SMILES string of the molecule is CCC[Si](OC)(OC)C1NCCC2CCCCC21. The number of piperidine rings is 1. The Labute approximate surface area is 113 Å². The van der Waals surface area contributed by atoms with E-state index in [9.17, 15) is 0 Å². The highest BCUT2D eigenvalue weighted by Gasteiger charge is 2.51. The van der Waals surface area contributed by atoms with Gasteiger partial charge in [0.25, 0.3) is 0 Å². The maximum atomic E-state index is 5.97. The molecule has 0 aromatic heterocycles. The van der Waals surface area contributed by atoms with E-state index < -0.39 is 8.56 Å². The third-order valence-corrected chi connectivity index (χ3v) is 9.20. The lowest BCUT2D eigenvalue weighted by molar-refractivity contribution is 0.122. The van der Waals surface area contributed by atoms with Gasteiger partial charge in [0.05, 0.1) is 5.67 Å². The van der Waals surface area contributed by atoms with Crippen molar-refractivity contribution in [3.8, 4) is 0 Å². The molecule has 3 unspecified atom stereocenters. The van der Waals surface area contributed by atoms with Crippen molar-refractivity contribution in [2.45, 2.75) is 57.2 Å². The van der Waals surface area contributed by atoms with Crippen molar-refractivity contribution in [2.75, 3.05) is 20.8 Å². The number of hydrogen-bond donors (Lipinski definition) is 1. The standard InChI is InChI=1S/C14H29NO2Si/c1-4-11-18(16-2,17-3)14-13-8-6-5-7-12(13)9-10-15-14/h12-15H,4-11H2,1-3H3. The van der Waals surface area contributed by atoms with E-state index in [1.807, 2.05) is 14.2 Å². The zero-order chi connectivity index (χ0) is 13.0. The highest BCUT2D eigenvalue weighted by Crippen LogP contribution is 2.40. The third kappa shape index (κ3) is 2.67. The monoisotopic (exact) mass is 271 g/mol. The molecule has 1 N–H and O–H groups in total. The Morgan fingerprint density at radius 3 is 2.50 bits per heavy atom. The molecule has 3 nitrogen and oxygen atoms in total. The van der Waals surface area contributed by atoms with Crippen molar-refractivity contribution < 1.29 is 8.85 Å². The van der Waals surface area contributed by atoms with Gasteiger partial charge in [-0.3, -0.25) is 0 Å². The summed E-state index contributed by atoms with van der Waals surface area (Å²) in [4.78, 5) is 0. The molecule has 3 atom stereocenters. The zero-order valence-electron chi connectivity index (χ0n) is 12.2. The number of hydrogen-bond acceptors (Lipinski definition) is 3. The molecular weight excluding hydrogens is 242 g/mol. The second-order valence-electron chi connectivity index (χ2n) is 5.90. The molecule has 0 aromatic rings. The molecule has 1 heterocycles. The summed E-state index contributed by atoms with van der Waals surface area (Å²) in [5, 5.41) is 3.76. The fourth-order valence-corrected chi connectivity index (χ4v) is 7.77. The Hall–Kier alpha value is 0.0969. The van der Waals surface area contributed by atoms with E-state index in [2.05, 4.69) is 12.2 Å². The maximum absolute atomic E-state index is 5.97. The lowest BCUT2D eigenvalue weighted by Gasteiger charge is -2.48. The van der Waals surface area contributed by atoms with Crippen LogP contribution in [0.15, 0.2) is 0 Å². The van der Waals surface area contributed by atoms with Crippen LogP contribution in [0, 0.1) is 11.8 Å². The molecule has 0 radical (unpaired) electrons. The molecule has 1 saturated heterocycles. The molecular formula is C14H29NO2Si. The van der Waals surface area contributed by atoms with E-state index in [0.29, 0.717) is 5.67 Å². The largest absolute Gasteiger partial charge is 0.397 e. The van der Waals surface area contributed by atoms with Gasteiger partial charge in [0, 0.05) is 14.2 Å². The van der Waals surface area contributed by atoms with Crippen LogP contribution in [-0.2, 0) is 8.85 Å². The summed E-state index contributed by atoms with van der Waals surface area (Å²) in [6.07, 6.45) is 8.12. The summed E-state index contributed by atoms with van der Waals surface area (Å²) in [6, 6.07) is 1.11. The molecule has 2 fully saturated rings. The molecule has 1 aliphatic heterocycles. The van der Waals surface area contributed by atoms with Gasteiger partial charge in [0.1, 0.15) is 0 Å². The Balaban J connectivity index is 2.16. The fraction of sp³-hybridized carbons (Fsp3) is 1.00. The molecule has 18 heavy (non-hydrogen) atoms. The van der Waals surface area contributed by atoms with Crippen LogP contribution >= 0.6 is 0 Å². The predicted octanol–water partition coefficient (Wildman–Crippen LogP) is 2.84. The second-order valence-corrected chi connectivity index (χ2v) is 9.46. The van der Waals surface area contributed by atoms with Gasteiger partial charge in [0.2, 0.25) is 0 Å². The van der Waals surface area contributed by atoms with Crippen LogP contribution in [0.5, 0.6) is 0 Å². The highest BCUT2D eigenvalue weighted by molar-refractivity contribution is 6.69. The number of rotatable bonds is 5. The maximum Gasteiger partial charge on any atom is 0.355 e. The van der Waals surface area contributed by atoms with Crippen molar-refractivity contribution in [3.05, 3.63) is 0 Å². The molecule has 106 valence electrons. The first-order chi connectivity index (χ1) is 8.77. The number of nitrogens with one attached hydrogen (secondary N) is 1. The van der Waals surface area contributed by atoms with Crippen molar-refractivity contribution in [1.82, 2.24) is 5.32 Å². The predicted molar refractivity (Wildman–Crippen MR) is 76.7 cm³/mol. The van der Waals surface area contributed by atoms with E-state index in [-0.39, 0.29) is 0 Å². The van der Waals surface area contributed by atoms with Crippen LogP contribution in [0.25, 0.3) is 0 Å². The summed E-state index contributed by atoms with van der Waals surface area (Å²) < 4.78 is 11.9. The van der Waals surface area contributed by atoms with Crippen LogP contribution in [0.4, 0.5) is 0 Å². The van der Waals surface area contributed by atoms with E-state index in [0.717, 1.165) is 30.8 Å². The van der Waals surface area contributed by atoms with Crippen LogP contribution < -0.4 is 5.32 Å². The van der Waals surface area contributed by atoms with E-state index in [4.69, 9.17) is 8.85 Å². The first kappa shape index (κ1) is 14.5. The Bertz CT molecular complexity index is 256. The van der Waals surface area contributed by atoms with Crippen molar-refractivity contribution in [1.29, 1.82) is 0 Å². The minimum atomic E-state index is -2.06. The Morgan fingerprint density at radius 2 is 1.83 bits per heavy atom. The summed E-state index contributed by atoms with van der Waals surface area (Å²) in [5.41, 5.74) is 0.506. The second kappa shape index (κ2) is 6.50. The van der Waals surface area contributed by atoms with Crippen molar-refractivity contribution >= 4 is 8.56 Å². The zero-order valence-corrected chi connectivity index (χ0v) is 13.2. The molecule has 0 amide bonds. The fourth-order valence-electron chi connectivity index (χ4n) is 4.14. The summed E-state index contributed by atoms with van der Waals surface area (Å²) in [7, 11) is 1.66. The molecule has 2 rings (SSSR count). The normalized spacial score (nSPS) is 33.2. The lowest BCUT2D eigenvalue weighted by Crippen LogP contribution is -2.65. The van der Waals surface area contributed by atoms with Gasteiger partial charge in [-0.15, -0.1) is 0 Å². The quantitative estimate of drug-likeness (QED) is 0.780. The van der Waals surface area contributed by atoms with Crippen molar-refractivity contribution in [2.24, 2.45) is 11.8 Å². The average molecular weight is 271 g/mol. The Morgan fingerprint density at radius 1 is 1.11 bits per heavy atom. The van der Waals surface area contributed by atoms with Crippen molar-refractivity contribution in [3.63, 3.8) is 0 Å². The van der Waals surface area contributed by atoms with E-state index in [1.54, 1.807) is 0 Å². The van der Waals surface area contributed by atoms with Gasteiger partial charge in [-0.25, -0.2) is 0 Å². The highest BCUT2D eigenvalue weighted by atomic mass is 28.4. The minimum Gasteiger partial charge on any atom is -0.397 e. The summed E-state index contributed by atoms with van der Waals surface area (Å²) in [5.74, 6) is 1.71. The molecule has 0 bridgehead atoms.